The number of rotatable bonds is 4. The molecule has 212 valence electrons. The van der Waals surface area contributed by atoms with E-state index in [0.717, 1.165) is 25.7 Å². The van der Waals surface area contributed by atoms with E-state index in [1.165, 1.54) is 11.0 Å². The molecule has 3 aliphatic heterocycles. The standard InChI is InChI=1S/C30H34ClFN4O4/c1-30(2,3)40-29(39)34-27-28(38)36(17-24(37)35-15-18-11-12-19(16-35)14-13-18)26-21(8-6-9-22(26)31)25(33-27)20-7-4-5-10-23(20)32/h4-10,18-19,27H,11-17H2,1-3H3,(H,34,39). The van der Waals surface area contributed by atoms with Crippen molar-refractivity contribution in [2.24, 2.45) is 16.8 Å². The molecule has 1 atom stereocenters. The molecule has 1 aliphatic carbocycles. The van der Waals surface area contributed by atoms with Crippen LogP contribution in [0.1, 0.15) is 57.6 Å². The number of anilines is 1. The van der Waals surface area contributed by atoms with Gasteiger partial charge in [0, 0.05) is 24.2 Å². The van der Waals surface area contributed by atoms with Gasteiger partial charge in [-0.25, -0.2) is 14.2 Å². The van der Waals surface area contributed by atoms with Crippen molar-refractivity contribution in [1.29, 1.82) is 0 Å². The van der Waals surface area contributed by atoms with Gasteiger partial charge in [-0.15, -0.1) is 0 Å². The summed E-state index contributed by atoms with van der Waals surface area (Å²) >= 11 is 6.68. The molecule has 3 heterocycles. The summed E-state index contributed by atoms with van der Waals surface area (Å²) in [7, 11) is 0. The Balaban J connectivity index is 1.56. The van der Waals surface area contributed by atoms with Crippen molar-refractivity contribution in [3.8, 4) is 0 Å². The highest BCUT2D eigenvalue weighted by atomic mass is 35.5. The molecular weight excluding hydrogens is 535 g/mol. The van der Waals surface area contributed by atoms with Crippen molar-refractivity contribution < 1.29 is 23.5 Å². The van der Waals surface area contributed by atoms with E-state index < -0.39 is 29.6 Å². The number of nitrogens with one attached hydrogen (secondary N) is 1. The van der Waals surface area contributed by atoms with Crippen LogP contribution in [-0.2, 0) is 14.3 Å². The molecule has 2 aromatic rings. The number of benzene rings is 2. The van der Waals surface area contributed by atoms with Crippen LogP contribution in [0.25, 0.3) is 0 Å². The number of ether oxygens (including phenoxy) is 1. The van der Waals surface area contributed by atoms with Crippen LogP contribution in [0.15, 0.2) is 47.5 Å². The molecular formula is C30H34ClFN4O4. The predicted molar refractivity (Wildman–Crippen MR) is 151 cm³/mol. The first-order valence-electron chi connectivity index (χ1n) is 13.7. The number of alkyl carbamates (subject to hydrolysis) is 1. The zero-order chi connectivity index (χ0) is 28.6. The maximum Gasteiger partial charge on any atom is 0.409 e. The minimum atomic E-state index is -1.49. The molecule has 1 saturated carbocycles. The number of aliphatic imine (C=N–C) groups is 1. The topological polar surface area (TPSA) is 91.3 Å². The van der Waals surface area contributed by atoms with E-state index in [1.54, 1.807) is 57.2 Å². The number of halogens is 2. The van der Waals surface area contributed by atoms with E-state index in [1.807, 2.05) is 4.90 Å². The van der Waals surface area contributed by atoms with Crippen LogP contribution in [0.2, 0.25) is 5.02 Å². The highest BCUT2D eigenvalue weighted by molar-refractivity contribution is 6.36. The van der Waals surface area contributed by atoms with Crippen molar-refractivity contribution in [2.75, 3.05) is 24.5 Å². The van der Waals surface area contributed by atoms with Crippen LogP contribution in [-0.4, -0.2) is 59.9 Å². The molecule has 3 fully saturated rings. The fourth-order valence-electron chi connectivity index (χ4n) is 5.76. The molecule has 1 N–H and O–H groups in total. The number of hydrogen-bond acceptors (Lipinski definition) is 5. The fourth-order valence-corrected chi connectivity index (χ4v) is 6.04. The molecule has 8 nitrogen and oxygen atoms in total. The second kappa shape index (κ2) is 11.2. The molecule has 1 unspecified atom stereocenters. The smallest absolute Gasteiger partial charge is 0.409 e. The van der Waals surface area contributed by atoms with Gasteiger partial charge in [-0.05, 0) is 76.5 Å². The molecule has 6 rings (SSSR count). The molecule has 4 aliphatic rings. The summed E-state index contributed by atoms with van der Waals surface area (Å²) in [5.41, 5.74) is 0.0584. The Bertz CT molecular complexity index is 1340. The summed E-state index contributed by atoms with van der Waals surface area (Å²) in [5.74, 6) is -0.520. The molecule has 2 saturated heterocycles. The quantitative estimate of drug-likeness (QED) is 0.551. The Morgan fingerprint density at radius 3 is 2.27 bits per heavy atom. The number of carbonyl (C=O) groups excluding carboxylic acids is 3. The summed E-state index contributed by atoms with van der Waals surface area (Å²) in [6.07, 6.45) is 2.07. The normalized spacial score (nSPS) is 22.7. The van der Waals surface area contributed by atoms with Crippen molar-refractivity contribution in [2.45, 2.75) is 58.2 Å². The maximum absolute atomic E-state index is 15.1. The molecule has 0 spiro atoms. The zero-order valence-electron chi connectivity index (χ0n) is 23.0. The highest BCUT2D eigenvalue weighted by Crippen LogP contribution is 2.37. The molecule has 2 bridgehead atoms. The minimum absolute atomic E-state index is 0.132. The third-order valence-corrected chi connectivity index (χ3v) is 7.93. The second-order valence-corrected chi connectivity index (χ2v) is 12.2. The number of carbonyl (C=O) groups is 3. The molecule has 10 heteroatoms. The molecule has 0 aromatic heterocycles. The lowest BCUT2D eigenvalue weighted by Crippen LogP contribution is -2.52. The summed E-state index contributed by atoms with van der Waals surface area (Å²) in [6.45, 7) is 6.12. The fraction of sp³-hybridized carbons (Fsp3) is 0.467. The molecule has 40 heavy (non-hydrogen) atoms. The van der Waals surface area contributed by atoms with E-state index in [2.05, 4.69) is 10.3 Å². The number of benzodiazepines with no additional fused rings is 1. The Kier molecular flexibility index (Phi) is 7.86. The van der Waals surface area contributed by atoms with Gasteiger partial charge in [-0.3, -0.25) is 19.8 Å². The van der Waals surface area contributed by atoms with Crippen molar-refractivity contribution in [3.63, 3.8) is 0 Å². The van der Waals surface area contributed by atoms with Crippen LogP contribution in [0, 0.1) is 17.7 Å². The van der Waals surface area contributed by atoms with E-state index in [-0.39, 0.29) is 34.4 Å². The summed E-state index contributed by atoms with van der Waals surface area (Å²) in [5, 5.41) is 2.73. The van der Waals surface area contributed by atoms with Crippen LogP contribution in [0.3, 0.4) is 0 Å². The minimum Gasteiger partial charge on any atom is -0.444 e. The molecule has 3 amide bonds. The van der Waals surface area contributed by atoms with Crippen molar-refractivity contribution >= 4 is 40.9 Å². The lowest BCUT2D eigenvalue weighted by Gasteiger charge is -2.30. The highest BCUT2D eigenvalue weighted by Gasteiger charge is 2.39. The van der Waals surface area contributed by atoms with Crippen LogP contribution in [0.5, 0.6) is 0 Å². The second-order valence-electron chi connectivity index (χ2n) is 11.8. The summed E-state index contributed by atoms with van der Waals surface area (Å²) in [6, 6.07) is 11.0. The predicted octanol–water partition coefficient (Wildman–Crippen LogP) is 5.16. The van der Waals surface area contributed by atoms with Gasteiger partial charge in [0.1, 0.15) is 18.0 Å². The average molecular weight is 569 g/mol. The van der Waals surface area contributed by atoms with E-state index >= 15 is 4.39 Å². The van der Waals surface area contributed by atoms with Crippen LogP contribution >= 0.6 is 11.6 Å². The lowest BCUT2D eigenvalue weighted by molar-refractivity contribution is -0.132. The number of amides is 3. The van der Waals surface area contributed by atoms with Crippen molar-refractivity contribution in [3.05, 3.63) is 64.4 Å². The third-order valence-electron chi connectivity index (χ3n) is 7.62. The SMILES string of the molecule is CC(C)(C)OC(=O)NC1N=C(c2ccccc2F)c2cccc(Cl)c2N(CC(=O)N2CC3CCC(CC3)C2)C1=O. The number of fused-ring (bicyclic) bond motifs is 5. The van der Waals surface area contributed by atoms with Crippen LogP contribution < -0.4 is 10.2 Å². The van der Waals surface area contributed by atoms with E-state index in [4.69, 9.17) is 16.3 Å². The first-order valence-corrected chi connectivity index (χ1v) is 14.1. The Labute approximate surface area is 238 Å². The van der Waals surface area contributed by atoms with Gasteiger partial charge in [0.05, 0.1) is 16.4 Å². The number of nitrogens with zero attached hydrogens (tertiary/aromatic N) is 3. The lowest BCUT2D eigenvalue weighted by atomic mass is 9.84. The van der Waals surface area contributed by atoms with Gasteiger partial charge in [-0.2, -0.15) is 0 Å². The van der Waals surface area contributed by atoms with E-state index in [0.29, 0.717) is 30.5 Å². The largest absolute Gasteiger partial charge is 0.444 e. The van der Waals surface area contributed by atoms with Gasteiger partial charge >= 0.3 is 6.09 Å². The number of hydrogen-bond donors (Lipinski definition) is 1. The maximum atomic E-state index is 15.1. The van der Waals surface area contributed by atoms with Gasteiger partial charge in [-0.1, -0.05) is 35.9 Å². The van der Waals surface area contributed by atoms with Crippen LogP contribution in [0.4, 0.5) is 14.9 Å². The first kappa shape index (κ1) is 28.1. The molecule has 2 aromatic carbocycles. The average Bonchev–Trinajstić information content (AvgIpc) is 3.27. The monoisotopic (exact) mass is 568 g/mol. The zero-order valence-corrected chi connectivity index (χ0v) is 23.7. The van der Waals surface area contributed by atoms with Gasteiger partial charge in [0.2, 0.25) is 12.1 Å². The van der Waals surface area contributed by atoms with Crippen molar-refractivity contribution in [1.82, 2.24) is 10.2 Å². The number of para-hydroxylation sites is 1. The van der Waals surface area contributed by atoms with Gasteiger partial charge in [0.25, 0.3) is 5.91 Å². The Morgan fingerprint density at radius 1 is 1.02 bits per heavy atom. The first-order chi connectivity index (χ1) is 19.0. The Morgan fingerprint density at radius 2 is 1.65 bits per heavy atom. The summed E-state index contributed by atoms with van der Waals surface area (Å²) < 4.78 is 20.5. The molecule has 0 radical (unpaired) electrons. The van der Waals surface area contributed by atoms with E-state index in [9.17, 15) is 14.4 Å². The summed E-state index contributed by atoms with van der Waals surface area (Å²) in [4.78, 5) is 48.2. The third kappa shape index (κ3) is 5.99. The van der Waals surface area contributed by atoms with Gasteiger partial charge in [0.15, 0.2) is 0 Å². The van der Waals surface area contributed by atoms with Gasteiger partial charge < -0.3 is 9.64 Å². The Hall–Kier alpha value is -3.46.